The first-order valence-electron chi connectivity index (χ1n) is 27.7. The van der Waals surface area contributed by atoms with Crippen LogP contribution in [0.1, 0.15) is 107 Å². The summed E-state index contributed by atoms with van der Waals surface area (Å²) < 4.78 is 47.9. The van der Waals surface area contributed by atoms with Crippen LogP contribution in [0.15, 0.2) is 11.6 Å². The van der Waals surface area contributed by atoms with E-state index in [2.05, 4.69) is 40.7 Å². The minimum absolute atomic E-state index is 0.00789. The van der Waals surface area contributed by atoms with Gasteiger partial charge < -0.3 is 109 Å². The molecule has 0 spiro atoms. The summed E-state index contributed by atoms with van der Waals surface area (Å²) in [6.45, 7) is 14.2. The summed E-state index contributed by atoms with van der Waals surface area (Å²) in [6, 6.07) is 0. The van der Waals surface area contributed by atoms with Gasteiger partial charge in [0.15, 0.2) is 31.3 Å². The first-order valence-corrected chi connectivity index (χ1v) is 27.7. The highest BCUT2D eigenvalue weighted by atomic mass is 16.8. The van der Waals surface area contributed by atoms with Gasteiger partial charge >= 0.3 is 5.97 Å². The highest BCUT2D eigenvalue weighted by molar-refractivity contribution is 5.86. The van der Waals surface area contributed by atoms with Crippen molar-refractivity contribution < 1.29 is 119 Å². The minimum atomic E-state index is -2.13. The molecule has 78 heavy (non-hydrogen) atoms. The Hall–Kier alpha value is -1.96. The summed E-state index contributed by atoms with van der Waals surface area (Å²) in [5, 5.41) is 154. The van der Waals surface area contributed by atoms with Crippen LogP contribution in [-0.4, -0.2) is 238 Å². The molecule has 4 saturated heterocycles. The molecular weight excluding hydrogens is 1030 g/mol. The van der Waals surface area contributed by atoms with Gasteiger partial charge in [-0.15, -0.1) is 0 Å². The van der Waals surface area contributed by atoms with Crippen molar-refractivity contribution in [2.45, 2.75) is 242 Å². The van der Waals surface area contributed by atoms with Crippen LogP contribution in [0.4, 0.5) is 0 Å². The monoisotopic (exact) mass is 1120 g/mol. The Kier molecular flexibility index (Phi) is 16.8. The van der Waals surface area contributed by atoms with E-state index >= 15 is 0 Å². The van der Waals surface area contributed by atoms with E-state index in [1.807, 2.05) is 13.8 Å². The van der Waals surface area contributed by atoms with E-state index in [4.69, 9.17) is 37.9 Å². The molecule has 0 aromatic carbocycles. The highest BCUT2D eigenvalue weighted by Crippen LogP contribution is 2.75. The predicted molar refractivity (Wildman–Crippen MR) is 264 cm³/mol. The summed E-state index contributed by atoms with van der Waals surface area (Å²) >= 11 is 0. The van der Waals surface area contributed by atoms with Crippen molar-refractivity contribution in [3.05, 3.63) is 11.6 Å². The maximum absolute atomic E-state index is 13.4. The summed E-state index contributed by atoms with van der Waals surface area (Å²) in [7, 11) is 0. The van der Waals surface area contributed by atoms with Crippen molar-refractivity contribution in [1.82, 2.24) is 0 Å². The van der Waals surface area contributed by atoms with Crippen molar-refractivity contribution in [2.24, 2.45) is 50.2 Å². The molecule has 24 nitrogen and oxygen atoms in total. The molecule has 4 saturated carbocycles. The largest absolute Gasteiger partial charge is 0.479 e. The summed E-state index contributed by atoms with van der Waals surface area (Å²) in [5.74, 6) is -1.65. The lowest BCUT2D eigenvalue weighted by Gasteiger charge is -2.72. The van der Waals surface area contributed by atoms with Gasteiger partial charge in [0, 0.05) is 17.3 Å². The molecule has 0 aromatic rings. The number of carbonyl (C=O) groups is 2. The topological polar surface area (TPSA) is 391 Å². The van der Waals surface area contributed by atoms with Crippen molar-refractivity contribution >= 4 is 11.8 Å². The molecule has 14 N–H and O–H groups in total. The average molecular weight is 1120 g/mol. The zero-order valence-electron chi connectivity index (χ0n) is 45.6. The van der Waals surface area contributed by atoms with Crippen LogP contribution in [0.2, 0.25) is 0 Å². The molecule has 446 valence electrons. The third kappa shape index (κ3) is 9.49. The van der Waals surface area contributed by atoms with E-state index in [9.17, 15) is 81.1 Å². The summed E-state index contributed by atoms with van der Waals surface area (Å²) in [6.07, 6.45) is -31.8. The zero-order chi connectivity index (χ0) is 57.3. The van der Waals surface area contributed by atoms with Crippen LogP contribution < -0.4 is 0 Å². The fourth-order valence-corrected chi connectivity index (χ4v) is 16.4. The number of ether oxygens (including phenoxy) is 8. The fourth-order valence-electron chi connectivity index (χ4n) is 16.4. The van der Waals surface area contributed by atoms with E-state index in [1.54, 1.807) is 0 Å². The molecule has 0 aromatic heterocycles. The van der Waals surface area contributed by atoms with Crippen LogP contribution in [0, 0.1) is 50.2 Å². The molecule has 0 unspecified atom stereocenters. The van der Waals surface area contributed by atoms with Gasteiger partial charge in [-0.25, -0.2) is 4.79 Å². The number of carboxylic acids is 1. The molecular formula is C54H86O24. The molecule has 4 heterocycles. The first kappa shape index (κ1) is 60.6. The van der Waals surface area contributed by atoms with Gasteiger partial charge in [-0.2, -0.15) is 0 Å². The van der Waals surface area contributed by atoms with E-state index in [0.717, 1.165) is 19.3 Å². The second kappa shape index (κ2) is 21.6. The molecule has 0 bridgehead atoms. The van der Waals surface area contributed by atoms with Crippen LogP contribution in [0.25, 0.3) is 0 Å². The van der Waals surface area contributed by atoms with Crippen LogP contribution in [0.5, 0.6) is 0 Å². The molecule has 4 aliphatic heterocycles. The van der Waals surface area contributed by atoms with Gasteiger partial charge in [-0.05, 0) is 91.3 Å². The lowest BCUT2D eigenvalue weighted by atomic mass is 9.33. The Morgan fingerprint density at radius 1 is 0.615 bits per heavy atom. The number of carbonyl (C=O) groups excluding carboxylic acids is 1. The molecule has 0 amide bonds. The second-order valence-electron chi connectivity index (χ2n) is 26.3. The molecule has 8 fully saturated rings. The third-order valence-electron chi connectivity index (χ3n) is 21.5. The average Bonchev–Trinajstić information content (AvgIpc) is 3.25. The fraction of sp³-hybridized carbons (Fsp3) is 0.926. The first-order chi connectivity index (χ1) is 36.4. The lowest BCUT2D eigenvalue weighted by molar-refractivity contribution is -0.399. The Morgan fingerprint density at radius 3 is 1.81 bits per heavy atom. The Bertz CT molecular complexity index is 2220. The molecule has 0 radical (unpaired) electrons. The van der Waals surface area contributed by atoms with Gasteiger partial charge in [0.05, 0.1) is 38.1 Å². The Morgan fingerprint density at radius 2 is 1.19 bits per heavy atom. The number of rotatable bonds is 12. The Balaban J connectivity index is 0.963. The van der Waals surface area contributed by atoms with Gasteiger partial charge in [-0.1, -0.05) is 60.1 Å². The normalized spacial score (nSPS) is 53.9. The smallest absolute Gasteiger partial charge is 0.335 e. The van der Waals surface area contributed by atoms with Gasteiger partial charge in [0.1, 0.15) is 91.2 Å². The predicted octanol–water partition coefficient (Wildman–Crippen LogP) is -2.29. The van der Waals surface area contributed by atoms with Gasteiger partial charge in [0.25, 0.3) is 0 Å². The number of Topliss-reactive ketones (excluding diaryl/α,β-unsaturated/α-hetero) is 1. The number of hydrogen-bond donors (Lipinski definition) is 14. The zero-order valence-corrected chi connectivity index (χ0v) is 45.6. The molecule has 5 aliphatic carbocycles. The second-order valence-corrected chi connectivity index (χ2v) is 26.3. The number of aliphatic hydroxyl groups is 13. The SMILES string of the molecule is C[C@@H]1O[C@@H](O[C@H]2[C@H](O[C@@H]3[C@@H](O)[C@H](O[C@H]4[C@H](O[C@H]5CC[C@]6(C)[C@H]7CC=C8[C@@H]9CC(C)(C)C(=O)C[C@]9(CO)[C@H](O)C[C@@]8(C)[C@]7(C)CC[C@H]6C5(C)C)O[C@H](C(=O)O)[C@@H](O)[C@@H]4O)O[C@H](CO)[C@H]3O)O[C@H](CO)[C@H](O)[C@@H]2O)[C@H](O)[C@H](O)[C@H]1O. The quantitative estimate of drug-likeness (QED) is 0.0722. The van der Waals surface area contributed by atoms with E-state index in [0.29, 0.717) is 25.7 Å². The standard InChI is InChI=1S/C54H86O24/c1-21-31(60)34(63)38(67)45(71-21)77-42-35(64)32(61)24(18-55)73-47(42)75-40-33(62)25(19-56)72-46(39(40)68)78-43-37(66)36(65)41(44(69)70)76-48(43)74-30-12-13-51(6)26(50(30,4)5)11-14-52(7)27(51)10-9-22-23-15-49(2,3)28(58)17-54(23,20-57)29(59)16-53(22,52)8/h9,21,23-27,29-43,45-48,55-57,59-68H,10-20H2,1-8H3,(H,69,70)/t21-,23-,24+,25+,26-,27+,29+,30-,31-,32-,33+,34+,35-,36-,37-,38+,39+,40-,41-,42+,43+,45-,46-,47-,48+,51-,52+,53+,54+/m0/s1. The van der Waals surface area contributed by atoms with E-state index in [1.165, 1.54) is 12.5 Å². The van der Waals surface area contributed by atoms with Crippen LogP contribution in [-0.2, 0) is 47.5 Å². The number of ketones is 1. The van der Waals surface area contributed by atoms with E-state index < -0.39 is 176 Å². The van der Waals surface area contributed by atoms with Crippen LogP contribution >= 0.6 is 0 Å². The molecule has 9 rings (SSSR count). The maximum Gasteiger partial charge on any atom is 0.335 e. The lowest BCUT2D eigenvalue weighted by Crippen LogP contribution is -2.69. The van der Waals surface area contributed by atoms with E-state index in [-0.39, 0.29) is 47.4 Å². The van der Waals surface area contributed by atoms with Crippen LogP contribution in [0.3, 0.4) is 0 Å². The van der Waals surface area contributed by atoms with Crippen molar-refractivity contribution in [3.8, 4) is 0 Å². The molecule has 24 heteroatoms. The summed E-state index contributed by atoms with van der Waals surface area (Å²) in [5.41, 5.74) is -2.11. The Labute approximate surface area is 453 Å². The number of aliphatic hydroxyl groups excluding tert-OH is 13. The van der Waals surface area contributed by atoms with Gasteiger partial charge in [0.2, 0.25) is 0 Å². The molecule has 29 atom stereocenters. The third-order valence-corrected chi connectivity index (χ3v) is 21.5. The summed E-state index contributed by atoms with van der Waals surface area (Å²) in [4.78, 5) is 26.0. The minimum Gasteiger partial charge on any atom is -0.479 e. The molecule has 9 aliphatic rings. The maximum atomic E-state index is 13.4. The van der Waals surface area contributed by atoms with Crippen molar-refractivity contribution in [3.63, 3.8) is 0 Å². The number of fused-ring (bicyclic) bond motifs is 7. The van der Waals surface area contributed by atoms with Crippen molar-refractivity contribution in [1.29, 1.82) is 0 Å². The van der Waals surface area contributed by atoms with Crippen molar-refractivity contribution in [2.75, 3.05) is 19.8 Å². The number of hydrogen-bond acceptors (Lipinski definition) is 23. The number of aliphatic carboxylic acids is 1. The highest BCUT2D eigenvalue weighted by Gasteiger charge is 2.71. The number of allylic oxidation sites excluding steroid dienone is 2. The van der Waals surface area contributed by atoms with Gasteiger partial charge in [-0.3, -0.25) is 4.79 Å². The number of carboxylic acid groups (broad SMARTS) is 1.